The molecule has 0 spiro atoms. The van der Waals surface area contributed by atoms with E-state index in [4.69, 9.17) is 9.47 Å². The Hall–Kier alpha value is -3.39. The molecule has 5 aliphatic carbocycles. The van der Waals surface area contributed by atoms with Crippen molar-refractivity contribution in [3.8, 4) is 6.07 Å². The Morgan fingerprint density at radius 2 is 1.43 bits per heavy atom. The molecular formula is C44H55NO4. The van der Waals surface area contributed by atoms with E-state index >= 15 is 0 Å². The van der Waals surface area contributed by atoms with Crippen molar-refractivity contribution in [2.45, 2.75) is 105 Å². The van der Waals surface area contributed by atoms with Gasteiger partial charge in [0.15, 0.2) is 0 Å². The number of nitriles is 1. The predicted octanol–water partition coefficient (Wildman–Crippen LogP) is 10.2. The van der Waals surface area contributed by atoms with Gasteiger partial charge in [0.2, 0.25) is 0 Å². The number of carbonyl (C=O) groups excluding carboxylic acids is 2. The Labute approximate surface area is 293 Å². The monoisotopic (exact) mass is 661 g/mol. The smallest absolute Gasteiger partial charge is 0.338 e. The number of fused-ring (bicyclic) bond motifs is 7. The highest BCUT2D eigenvalue weighted by molar-refractivity contribution is 5.89. The molecule has 0 N–H and O–H groups in total. The fourth-order valence-electron chi connectivity index (χ4n) is 13.1. The summed E-state index contributed by atoms with van der Waals surface area (Å²) in [7, 11) is 0. The van der Waals surface area contributed by atoms with Crippen LogP contribution in [-0.4, -0.2) is 24.6 Å². The predicted molar refractivity (Wildman–Crippen MR) is 191 cm³/mol. The molecule has 0 aromatic heterocycles. The molecule has 10 atom stereocenters. The Bertz CT molecular complexity index is 1660. The number of hydrogen-bond donors (Lipinski definition) is 0. The van der Waals surface area contributed by atoms with Crippen molar-refractivity contribution in [3.05, 3.63) is 83.4 Å². The lowest BCUT2D eigenvalue weighted by Gasteiger charge is -2.73. The Balaban J connectivity index is 1.16. The summed E-state index contributed by atoms with van der Waals surface area (Å²) in [5.41, 5.74) is 2.30. The quantitative estimate of drug-likeness (QED) is 0.298. The van der Waals surface area contributed by atoms with Gasteiger partial charge in [0, 0.05) is 16.4 Å². The molecule has 0 bridgehead atoms. The summed E-state index contributed by atoms with van der Waals surface area (Å²) in [6.45, 7) is 15.2. The van der Waals surface area contributed by atoms with E-state index < -0.39 is 0 Å². The van der Waals surface area contributed by atoms with Crippen LogP contribution in [0, 0.1) is 68.0 Å². The van der Waals surface area contributed by atoms with Crippen LogP contribution in [0.3, 0.4) is 0 Å². The van der Waals surface area contributed by atoms with Gasteiger partial charge in [-0.3, -0.25) is 0 Å². The van der Waals surface area contributed by atoms with Crippen LogP contribution in [-0.2, 0) is 9.47 Å². The van der Waals surface area contributed by atoms with Gasteiger partial charge in [0.1, 0.15) is 6.10 Å². The third-order valence-electron chi connectivity index (χ3n) is 15.8. The molecule has 49 heavy (non-hydrogen) atoms. The summed E-state index contributed by atoms with van der Waals surface area (Å²) in [5, 5.41) is 10.2. The van der Waals surface area contributed by atoms with E-state index in [2.05, 4.69) is 53.7 Å². The molecule has 0 unspecified atom stereocenters. The number of nitrogens with zero attached hydrogens (tertiary/aromatic N) is 1. The minimum absolute atomic E-state index is 0.0947. The van der Waals surface area contributed by atoms with Crippen molar-refractivity contribution in [3.63, 3.8) is 0 Å². The number of rotatable bonds is 5. The summed E-state index contributed by atoms with van der Waals surface area (Å²) in [6.07, 6.45) is 11.6. The molecule has 0 radical (unpaired) electrons. The number of benzene rings is 2. The van der Waals surface area contributed by atoms with Gasteiger partial charge < -0.3 is 9.47 Å². The van der Waals surface area contributed by atoms with Gasteiger partial charge in [-0.25, -0.2) is 9.59 Å². The molecule has 0 saturated heterocycles. The minimum Gasteiger partial charge on any atom is -0.461 e. The van der Waals surface area contributed by atoms with Crippen LogP contribution in [0.2, 0.25) is 0 Å². The van der Waals surface area contributed by atoms with Crippen molar-refractivity contribution in [2.75, 3.05) is 6.61 Å². The van der Waals surface area contributed by atoms with Crippen LogP contribution in [0.5, 0.6) is 0 Å². The van der Waals surface area contributed by atoms with E-state index in [-0.39, 0.29) is 51.0 Å². The van der Waals surface area contributed by atoms with E-state index in [1.54, 1.807) is 0 Å². The maximum Gasteiger partial charge on any atom is 0.338 e. The molecular weight excluding hydrogens is 606 g/mol. The largest absolute Gasteiger partial charge is 0.461 e. The molecule has 0 heterocycles. The zero-order valence-electron chi connectivity index (χ0n) is 30.5. The molecule has 260 valence electrons. The Morgan fingerprint density at radius 3 is 2.08 bits per heavy atom. The molecule has 0 aliphatic heterocycles. The highest BCUT2D eigenvalue weighted by Crippen LogP contribution is 2.77. The fraction of sp³-hybridized carbons (Fsp3) is 0.614. The summed E-state index contributed by atoms with van der Waals surface area (Å²) >= 11 is 0. The number of esters is 2. The topological polar surface area (TPSA) is 76.4 Å². The lowest BCUT2D eigenvalue weighted by atomic mass is 9.31. The molecule has 0 amide bonds. The summed E-state index contributed by atoms with van der Waals surface area (Å²) in [4.78, 5) is 26.4. The highest BCUT2D eigenvalue weighted by atomic mass is 16.5. The number of ether oxygens (including phenoxy) is 2. The van der Waals surface area contributed by atoms with Crippen molar-refractivity contribution in [1.29, 1.82) is 5.26 Å². The van der Waals surface area contributed by atoms with Gasteiger partial charge in [-0.05, 0) is 128 Å². The Morgan fingerprint density at radius 1 is 0.776 bits per heavy atom. The number of allylic oxidation sites excluding steroid dienone is 2. The van der Waals surface area contributed by atoms with Gasteiger partial charge in [-0.1, -0.05) is 84.0 Å². The molecule has 5 nitrogen and oxygen atoms in total. The third-order valence-corrected chi connectivity index (χ3v) is 15.8. The fourth-order valence-corrected chi connectivity index (χ4v) is 13.1. The first kappa shape index (κ1) is 34.1. The first-order valence-electron chi connectivity index (χ1n) is 18.9. The third kappa shape index (κ3) is 5.13. The molecule has 2 aromatic rings. The second-order valence-corrected chi connectivity index (χ2v) is 17.9. The van der Waals surface area contributed by atoms with E-state index in [0.29, 0.717) is 41.4 Å². The SMILES string of the molecule is C[C@@H]1C(C#N)=CC[C@]2(COC(=O)c3ccccc3)CC[C@]3(C)[C@H](CC[C@@H]4[C@]5(C)CC[C@H](OC(=O)c6ccccc6)C(C)(C)[C@@H]5CC[C@]43C)[C@@H]12. The number of hydrogen-bond acceptors (Lipinski definition) is 5. The average molecular weight is 662 g/mol. The second kappa shape index (κ2) is 12.1. The van der Waals surface area contributed by atoms with Crippen molar-refractivity contribution in [1.82, 2.24) is 0 Å². The van der Waals surface area contributed by atoms with Crippen molar-refractivity contribution < 1.29 is 19.1 Å². The number of carbonyl (C=O) groups is 2. The first-order chi connectivity index (χ1) is 23.3. The van der Waals surface area contributed by atoms with Crippen molar-refractivity contribution in [2.24, 2.45) is 56.7 Å². The van der Waals surface area contributed by atoms with Crippen LogP contribution in [0.4, 0.5) is 0 Å². The highest BCUT2D eigenvalue weighted by Gasteiger charge is 2.70. The van der Waals surface area contributed by atoms with Gasteiger partial charge in [-0.15, -0.1) is 0 Å². The Kier molecular flexibility index (Phi) is 8.44. The van der Waals surface area contributed by atoms with Gasteiger partial charge in [-0.2, -0.15) is 5.26 Å². The molecule has 5 aliphatic rings. The van der Waals surface area contributed by atoms with Crippen LogP contribution in [0.15, 0.2) is 72.3 Å². The molecule has 7 rings (SSSR count). The maximum absolute atomic E-state index is 13.2. The molecule has 2 aromatic carbocycles. The zero-order valence-corrected chi connectivity index (χ0v) is 30.5. The first-order valence-corrected chi connectivity index (χ1v) is 18.9. The van der Waals surface area contributed by atoms with Crippen molar-refractivity contribution >= 4 is 11.9 Å². The van der Waals surface area contributed by atoms with Crippen LogP contribution in [0.1, 0.15) is 120 Å². The van der Waals surface area contributed by atoms with Gasteiger partial charge in [0.25, 0.3) is 0 Å². The normalized spacial score (nSPS) is 40.6. The lowest BCUT2D eigenvalue weighted by molar-refractivity contribution is -0.253. The van der Waals surface area contributed by atoms with Crippen LogP contribution >= 0.6 is 0 Å². The summed E-state index contributed by atoms with van der Waals surface area (Å²) in [6, 6.07) is 21.3. The standard InChI is InChI=1S/C44H55NO4/c1-29-32(27-45)19-24-44(28-48-38(46)30-13-9-7-10-14-30)26-25-42(5)33(37(29)44)17-18-35-41(4)22-21-36(49-39(47)31-15-11-8-12-16-31)40(2,3)34(41)20-23-43(35,42)6/h7-16,19,29,33-37H,17-18,20-26,28H2,1-6H3/t29-,33-,34+,35-,36+,37-,41-,42-,43-,44-/m1/s1. The van der Waals surface area contributed by atoms with E-state index in [9.17, 15) is 14.9 Å². The summed E-state index contributed by atoms with van der Waals surface area (Å²) in [5.74, 6) is 1.49. The lowest BCUT2D eigenvalue weighted by Crippen LogP contribution is -2.67. The molecule has 4 fully saturated rings. The van der Waals surface area contributed by atoms with E-state index in [1.165, 1.54) is 12.8 Å². The van der Waals surface area contributed by atoms with E-state index in [1.807, 2.05) is 60.7 Å². The van der Waals surface area contributed by atoms with Crippen LogP contribution < -0.4 is 0 Å². The molecule has 4 saturated carbocycles. The summed E-state index contributed by atoms with van der Waals surface area (Å²) < 4.78 is 12.5. The maximum atomic E-state index is 13.2. The minimum atomic E-state index is -0.251. The zero-order chi connectivity index (χ0) is 34.8. The van der Waals surface area contributed by atoms with E-state index in [0.717, 1.165) is 50.5 Å². The second-order valence-electron chi connectivity index (χ2n) is 17.9. The van der Waals surface area contributed by atoms with Gasteiger partial charge >= 0.3 is 11.9 Å². The molecule has 5 heteroatoms. The van der Waals surface area contributed by atoms with Crippen LogP contribution in [0.25, 0.3) is 0 Å². The van der Waals surface area contributed by atoms with Gasteiger partial charge in [0.05, 0.1) is 23.8 Å². The average Bonchev–Trinajstić information content (AvgIpc) is 3.09.